The minimum Gasteiger partial charge on any atom is -0.0616 e. The highest BCUT2D eigenvalue weighted by Gasteiger charge is 1.98. The molecule has 0 radical (unpaired) electrons. The van der Waals surface area contributed by atoms with Gasteiger partial charge in [-0.1, -0.05) is 41.9 Å². The molecule has 0 amide bonds. The van der Waals surface area contributed by atoms with Crippen LogP contribution in [-0.4, -0.2) is 0 Å². The Kier molecular flexibility index (Phi) is 6.40. The number of halogens is 2. The molecular formula is C24H16I2. The quantitative estimate of drug-likeness (QED) is 0.224. The van der Waals surface area contributed by atoms with Gasteiger partial charge in [-0.3, -0.25) is 0 Å². The summed E-state index contributed by atoms with van der Waals surface area (Å²) in [5.41, 5.74) is 6.54. The summed E-state index contributed by atoms with van der Waals surface area (Å²) in [6, 6.07) is 20.8. The summed E-state index contributed by atoms with van der Waals surface area (Å²) in [5.74, 6) is 13.1. The van der Waals surface area contributed by atoms with Crippen LogP contribution in [0.15, 0.2) is 60.7 Å². The maximum absolute atomic E-state index is 3.28. The van der Waals surface area contributed by atoms with E-state index in [0.29, 0.717) is 0 Å². The zero-order valence-corrected chi connectivity index (χ0v) is 18.8. The second-order valence-corrected chi connectivity index (χ2v) is 8.37. The second-order valence-electron chi connectivity index (χ2n) is 6.05. The van der Waals surface area contributed by atoms with Crippen molar-refractivity contribution in [3.63, 3.8) is 0 Å². The molecule has 0 aromatic heterocycles. The molecular weight excluding hydrogens is 542 g/mol. The van der Waals surface area contributed by atoms with Gasteiger partial charge in [-0.25, -0.2) is 0 Å². The van der Waals surface area contributed by atoms with E-state index in [-0.39, 0.29) is 0 Å². The van der Waals surface area contributed by atoms with E-state index in [1.807, 2.05) is 24.3 Å². The van der Waals surface area contributed by atoms with E-state index >= 15 is 0 Å². The Bertz CT molecular complexity index is 1000. The van der Waals surface area contributed by atoms with E-state index in [2.05, 4.69) is 119 Å². The smallest absolute Gasteiger partial charge is 0.0385 e. The Morgan fingerprint density at radius 3 is 1.50 bits per heavy atom. The van der Waals surface area contributed by atoms with Crippen LogP contribution in [0, 0.1) is 44.7 Å². The number of hydrogen-bond donors (Lipinski definition) is 0. The fourth-order valence-electron chi connectivity index (χ4n) is 2.42. The largest absolute Gasteiger partial charge is 0.0616 e. The van der Waals surface area contributed by atoms with Crippen molar-refractivity contribution >= 4 is 45.2 Å². The molecule has 0 unspecified atom stereocenters. The van der Waals surface area contributed by atoms with Crippen molar-refractivity contribution in [3.05, 3.63) is 101 Å². The number of rotatable bonds is 0. The maximum atomic E-state index is 3.28. The van der Waals surface area contributed by atoms with Gasteiger partial charge in [0.25, 0.3) is 0 Å². The average Bonchev–Trinajstić information content (AvgIpc) is 2.63. The van der Waals surface area contributed by atoms with Crippen LogP contribution in [-0.2, 0) is 0 Å². The molecule has 0 aliphatic rings. The van der Waals surface area contributed by atoms with E-state index in [9.17, 15) is 0 Å². The monoisotopic (exact) mass is 558 g/mol. The minimum atomic E-state index is 0.980. The van der Waals surface area contributed by atoms with Crippen molar-refractivity contribution in [3.8, 4) is 23.7 Å². The summed E-state index contributed by atoms with van der Waals surface area (Å²) in [7, 11) is 0. The lowest BCUT2D eigenvalue weighted by molar-refractivity contribution is 1.43. The molecule has 126 valence electrons. The fraction of sp³-hybridized carbons (Fsp3) is 0.0833. The summed E-state index contributed by atoms with van der Waals surface area (Å²) in [6.45, 7) is 4.17. The predicted octanol–water partition coefficient (Wildman–Crippen LogP) is 6.31. The molecule has 0 spiro atoms. The maximum Gasteiger partial charge on any atom is 0.0385 e. The molecule has 3 rings (SSSR count). The van der Waals surface area contributed by atoms with Crippen LogP contribution in [0.2, 0.25) is 0 Å². The molecule has 0 aliphatic heterocycles. The van der Waals surface area contributed by atoms with Crippen LogP contribution in [0.1, 0.15) is 33.4 Å². The summed E-state index contributed by atoms with van der Waals surface area (Å²) < 4.78 is 2.34. The Balaban J connectivity index is 1.89. The summed E-state index contributed by atoms with van der Waals surface area (Å²) in [5, 5.41) is 0. The van der Waals surface area contributed by atoms with Gasteiger partial charge in [-0.2, -0.15) is 0 Å². The van der Waals surface area contributed by atoms with Crippen LogP contribution in [0.3, 0.4) is 0 Å². The van der Waals surface area contributed by atoms with Gasteiger partial charge in [0.15, 0.2) is 0 Å². The SMILES string of the molecule is Cc1ccc(I)c(C#Cc2cccc(C#Cc3cc(C)ccc3I)c2)c1. The molecule has 0 aliphatic carbocycles. The normalized spacial score (nSPS) is 9.69. The molecule has 0 fully saturated rings. The van der Waals surface area contributed by atoms with Crippen molar-refractivity contribution in [2.24, 2.45) is 0 Å². The van der Waals surface area contributed by atoms with Crippen LogP contribution in [0.4, 0.5) is 0 Å². The van der Waals surface area contributed by atoms with Crippen LogP contribution < -0.4 is 0 Å². The van der Waals surface area contributed by atoms with E-state index in [1.54, 1.807) is 0 Å². The molecule has 0 atom stereocenters. The molecule has 0 saturated carbocycles. The van der Waals surface area contributed by atoms with Gasteiger partial charge in [0, 0.05) is 29.4 Å². The van der Waals surface area contributed by atoms with Gasteiger partial charge < -0.3 is 0 Å². The first-order valence-corrected chi connectivity index (χ1v) is 10.3. The molecule has 0 saturated heterocycles. The number of benzene rings is 3. The topological polar surface area (TPSA) is 0 Å². The predicted molar refractivity (Wildman–Crippen MR) is 126 cm³/mol. The zero-order chi connectivity index (χ0) is 18.5. The van der Waals surface area contributed by atoms with Crippen LogP contribution >= 0.6 is 45.2 Å². The first-order valence-electron chi connectivity index (χ1n) is 8.18. The van der Waals surface area contributed by atoms with Gasteiger partial charge >= 0.3 is 0 Å². The molecule has 2 heteroatoms. The van der Waals surface area contributed by atoms with Crippen LogP contribution in [0.25, 0.3) is 0 Å². The third kappa shape index (κ3) is 5.13. The molecule has 3 aromatic rings. The zero-order valence-electron chi connectivity index (χ0n) is 14.5. The van der Waals surface area contributed by atoms with Gasteiger partial charge in [-0.15, -0.1) is 0 Å². The van der Waals surface area contributed by atoms with Gasteiger partial charge in [0.05, 0.1) is 0 Å². The fourth-order valence-corrected chi connectivity index (χ4v) is 3.36. The highest BCUT2D eigenvalue weighted by atomic mass is 127. The van der Waals surface area contributed by atoms with Crippen molar-refractivity contribution in [1.82, 2.24) is 0 Å². The van der Waals surface area contributed by atoms with E-state index in [0.717, 1.165) is 22.3 Å². The van der Waals surface area contributed by atoms with Crippen molar-refractivity contribution in [2.75, 3.05) is 0 Å². The van der Waals surface area contributed by atoms with E-state index in [4.69, 9.17) is 0 Å². The third-order valence-corrected chi connectivity index (χ3v) is 5.67. The van der Waals surface area contributed by atoms with Gasteiger partial charge in [0.1, 0.15) is 0 Å². The standard InChI is InChI=1S/C24H16I2/c1-17-6-12-23(25)21(14-17)10-8-19-4-3-5-20(16-19)9-11-22-15-18(2)7-13-24(22)26/h3-7,12-16H,1-2H3. The second kappa shape index (κ2) is 8.75. The minimum absolute atomic E-state index is 0.980. The first kappa shape index (κ1) is 19.0. The Hall–Kier alpha value is -1.76. The van der Waals surface area contributed by atoms with Crippen molar-refractivity contribution < 1.29 is 0 Å². The van der Waals surface area contributed by atoms with E-state index in [1.165, 1.54) is 18.3 Å². The molecule has 3 aromatic carbocycles. The van der Waals surface area contributed by atoms with E-state index < -0.39 is 0 Å². The molecule has 0 N–H and O–H groups in total. The lowest BCUT2D eigenvalue weighted by Gasteiger charge is -1.98. The molecule has 26 heavy (non-hydrogen) atoms. The highest BCUT2D eigenvalue weighted by Crippen LogP contribution is 2.14. The summed E-state index contributed by atoms with van der Waals surface area (Å²) in [6.07, 6.45) is 0. The van der Waals surface area contributed by atoms with Gasteiger partial charge in [0.2, 0.25) is 0 Å². The molecule has 0 bridgehead atoms. The average molecular weight is 558 g/mol. The Labute approximate surface area is 182 Å². The molecule has 0 nitrogen and oxygen atoms in total. The number of hydrogen-bond acceptors (Lipinski definition) is 0. The van der Waals surface area contributed by atoms with Crippen molar-refractivity contribution in [1.29, 1.82) is 0 Å². The molecule has 0 heterocycles. The highest BCUT2D eigenvalue weighted by molar-refractivity contribution is 14.1. The van der Waals surface area contributed by atoms with Gasteiger partial charge in [-0.05, 0) is 113 Å². The first-order chi connectivity index (χ1) is 12.5. The summed E-state index contributed by atoms with van der Waals surface area (Å²) in [4.78, 5) is 0. The number of aryl methyl sites for hydroxylation is 2. The lowest BCUT2D eigenvalue weighted by Crippen LogP contribution is -1.85. The Morgan fingerprint density at radius 1 is 0.577 bits per heavy atom. The Morgan fingerprint density at radius 2 is 1.04 bits per heavy atom. The lowest BCUT2D eigenvalue weighted by atomic mass is 10.1. The summed E-state index contributed by atoms with van der Waals surface area (Å²) >= 11 is 4.65. The van der Waals surface area contributed by atoms with Crippen LogP contribution in [0.5, 0.6) is 0 Å². The van der Waals surface area contributed by atoms with Crippen molar-refractivity contribution in [2.45, 2.75) is 13.8 Å². The third-order valence-electron chi connectivity index (χ3n) is 3.79.